The van der Waals surface area contributed by atoms with Gasteiger partial charge in [0.05, 0.1) is 17.6 Å². The Kier molecular flexibility index (Phi) is 5.20. The second-order valence-electron chi connectivity index (χ2n) is 5.93. The largest absolute Gasteiger partial charge is 0.497 e. The van der Waals surface area contributed by atoms with Crippen LogP contribution in [0.5, 0.6) is 5.75 Å². The van der Waals surface area contributed by atoms with Crippen LogP contribution in [0.3, 0.4) is 0 Å². The molecule has 0 radical (unpaired) electrons. The van der Waals surface area contributed by atoms with Gasteiger partial charge < -0.3 is 14.5 Å². The number of sulfonamides is 1. The fraction of sp³-hybridized carbons (Fsp3) is 0.211. The molecule has 0 saturated heterocycles. The standard InChI is InChI=1S/C19H20N2O5S/c1-12-18(16-10-14(25-3)7-8-17(16)26-12)19(22)21-11-13-5-4-6-15(9-13)27(23,24)20-2/h4-10,20H,11H2,1-3H3,(H,21,22). The maximum Gasteiger partial charge on any atom is 0.255 e. The van der Waals surface area contributed by atoms with Gasteiger partial charge in [0.2, 0.25) is 10.0 Å². The number of methoxy groups -OCH3 is 1. The lowest BCUT2D eigenvalue weighted by atomic mass is 10.1. The number of rotatable bonds is 6. The van der Waals surface area contributed by atoms with Gasteiger partial charge in [0.25, 0.3) is 5.91 Å². The van der Waals surface area contributed by atoms with Crippen LogP contribution in [0, 0.1) is 6.92 Å². The second kappa shape index (κ2) is 7.42. The minimum absolute atomic E-state index is 0.145. The SMILES string of the molecule is CNS(=O)(=O)c1cccc(CNC(=O)c2c(C)oc3ccc(OC)cc23)c1. The fourth-order valence-electron chi connectivity index (χ4n) is 2.82. The summed E-state index contributed by atoms with van der Waals surface area (Å²) in [6.07, 6.45) is 0. The Labute approximate surface area is 157 Å². The molecule has 0 unspecified atom stereocenters. The van der Waals surface area contributed by atoms with Crippen molar-refractivity contribution in [3.63, 3.8) is 0 Å². The molecule has 0 aliphatic carbocycles. The lowest BCUT2D eigenvalue weighted by Crippen LogP contribution is -2.24. The molecule has 0 saturated carbocycles. The molecule has 1 heterocycles. The summed E-state index contributed by atoms with van der Waals surface area (Å²) in [4.78, 5) is 12.9. The molecule has 27 heavy (non-hydrogen) atoms. The fourth-order valence-corrected chi connectivity index (χ4v) is 3.62. The number of furan rings is 1. The number of ether oxygens (including phenoxy) is 1. The normalized spacial score (nSPS) is 11.5. The minimum atomic E-state index is -3.54. The number of nitrogens with one attached hydrogen (secondary N) is 2. The highest BCUT2D eigenvalue weighted by atomic mass is 32.2. The van der Waals surface area contributed by atoms with E-state index in [0.29, 0.717) is 33.6 Å². The molecule has 8 heteroatoms. The van der Waals surface area contributed by atoms with Crippen molar-refractivity contribution in [1.82, 2.24) is 10.0 Å². The summed E-state index contributed by atoms with van der Waals surface area (Å²) in [7, 11) is -0.630. The number of carbonyl (C=O) groups excluding carboxylic acids is 1. The van der Waals surface area contributed by atoms with E-state index in [1.54, 1.807) is 44.4 Å². The first-order chi connectivity index (χ1) is 12.9. The third kappa shape index (κ3) is 3.81. The Morgan fingerprint density at radius 1 is 1.19 bits per heavy atom. The zero-order valence-electron chi connectivity index (χ0n) is 15.2. The van der Waals surface area contributed by atoms with Crippen molar-refractivity contribution >= 4 is 26.9 Å². The molecule has 0 fully saturated rings. The maximum absolute atomic E-state index is 12.7. The Morgan fingerprint density at radius 2 is 1.96 bits per heavy atom. The third-order valence-electron chi connectivity index (χ3n) is 4.23. The van der Waals surface area contributed by atoms with E-state index in [1.807, 2.05) is 0 Å². The van der Waals surface area contributed by atoms with Crippen molar-refractivity contribution in [3.8, 4) is 5.75 Å². The first kappa shape index (κ1) is 18.9. The average molecular weight is 388 g/mol. The highest BCUT2D eigenvalue weighted by molar-refractivity contribution is 7.89. The van der Waals surface area contributed by atoms with Crippen LogP contribution in [-0.4, -0.2) is 28.5 Å². The van der Waals surface area contributed by atoms with E-state index in [1.165, 1.54) is 19.2 Å². The molecule has 142 valence electrons. The zero-order valence-corrected chi connectivity index (χ0v) is 16.0. The van der Waals surface area contributed by atoms with Crippen LogP contribution in [0.1, 0.15) is 21.7 Å². The lowest BCUT2D eigenvalue weighted by molar-refractivity contribution is 0.0951. The first-order valence-electron chi connectivity index (χ1n) is 8.23. The number of fused-ring (bicyclic) bond motifs is 1. The Bertz CT molecular complexity index is 1100. The number of benzene rings is 2. The van der Waals surface area contributed by atoms with Crippen molar-refractivity contribution in [3.05, 3.63) is 59.4 Å². The molecule has 0 aliphatic rings. The summed E-state index contributed by atoms with van der Waals surface area (Å²) in [5.74, 6) is 0.825. The highest BCUT2D eigenvalue weighted by Gasteiger charge is 2.19. The van der Waals surface area contributed by atoms with E-state index in [9.17, 15) is 13.2 Å². The molecule has 3 rings (SSSR count). The van der Waals surface area contributed by atoms with Gasteiger partial charge in [-0.2, -0.15) is 0 Å². The molecule has 3 aromatic rings. The van der Waals surface area contributed by atoms with Crippen LogP contribution >= 0.6 is 0 Å². The van der Waals surface area contributed by atoms with Gasteiger partial charge in [-0.05, 0) is 49.9 Å². The number of aryl methyl sites for hydroxylation is 1. The van der Waals surface area contributed by atoms with Crippen molar-refractivity contribution in [1.29, 1.82) is 0 Å². The molecule has 0 spiro atoms. The monoisotopic (exact) mass is 388 g/mol. The van der Waals surface area contributed by atoms with Crippen molar-refractivity contribution in [2.24, 2.45) is 0 Å². The minimum Gasteiger partial charge on any atom is -0.497 e. The number of hydrogen-bond acceptors (Lipinski definition) is 5. The zero-order chi connectivity index (χ0) is 19.6. The molecule has 2 aromatic carbocycles. The molecule has 0 aliphatic heterocycles. The van der Waals surface area contributed by atoms with Gasteiger partial charge in [-0.25, -0.2) is 13.1 Å². The van der Waals surface area contributed by atoms with Gasteiger partial charge in [-0.3, -0.25) is 4.79 Å². The Hall–Kier alpha value is -2.84. The van der Waals surface area contributed by atoms with Crippen LogP contribution in [0.15, 0.2) is 51.8 Å². The van der Waals surface area contributed by atoms with Gasteiger partial charge >= 0.3 is 0 Å². The lowest BCUT2D eigenvalue weighted by Gasteiger charge is -2.08. The van der Waals surface area contributed by atoms with Crippen LogP contribution in [-0.2, 0) is 16.6 Å². The average Bonchev–Trinajstić information content (AvgIpc) is 3.01. The van der Waals surface area contributed by atoms with Crippen LogP contribution in [0.2, 0.25) is 0 Å². The molecular weight excluding hydrogens is 368 g/mol. The van der Waals surface area contributed by atoms with Crippen molar-refractivity contribution in [2.45, 2.75) is 18.4 Å². The summed E-state index contributed by atoms with van der Waals surface area (Å²) >= 11 is 0. The molecule has 0 bridgehead atoms. The quantitative estimate of drug-likeness (QED) is 0.676. The first-order valence-corrected chi connectivity index (χ1v) is 9.72. The highest BCUT2D eigenvalue weighted by Crippen LogP contribution is 2.29. The summed E-state index contributed by atoms with van der Waals surface area (Å²) in [6, 6.07) is 11.7. The Morgan fingerprint density at radius 3 is 2.67 bits per heavy atom. The summed E-state index contributed by atoms with van der Waals surface area (Å²) in [6.45, 7) is 1.91. The number of carbonyl (C=O) groups is 1. The van der Waals surface area contributed by atoms with Crippen LogP contribution in [0.4, 0.5) is 0 Å². The van der Waals surface area contributed by atoms with E-state index in [4.69, 9.17) is 9.15 Å². The van der Waals surface area contributed by atoms with Crippen molar-refractivity contribution < 1.29 is 22.4 Å². The number of hydrogen-bond donors (Lipinski definition) is 2. The van der Waals surface area contributed by atoms with E-state index in [-0.39, 0.29) is 17.3 Å². The van der Waals surface area contributed by atoms with Gasteiger partial charge in [0.1, 0.15) is 17.1 Å². The number of amides is 1. The predicted molar refractivity (Wildman–Crippen MR) is 101 cm³/mol. The van der Waals surface area contributed by atoms with Gasteiger partial charge in [-0.15, -0.1) is 0 Å². The van der Waals surface area contributed by atoms with Crippen LogP contribution < -0.4 is 14.8 Å². The van der Waals surface area contributed by atoms with Crippen molar-refractivity contribution in [2.75, 3.05) is 14.2 Å². The topological polar surface area (TPSA) is 97.6 Å². The van der Waals surface area contributed by atoms with Crippen LogP contribution in [0.25, 0.3) is 11.0 Å². The summed E-state index contributed by atoms with van der Waals surface area (Å²) in [5.41, 5.74) is 1.70. The second-order valence-corrected chi connectivity index (χ2v) is 7.82. The van der Waals surface area contributed by atoms with E-state index in [2.05, 4.69) is 10.0 Å². The van der Waals surface area contributed by atoms with Gasteiger partial charge in [0.15, 0.2) is 0 Å². The molecule has 7 nitrogen and oxygen atoms in total. The summed E-state index contributed by atoms with van der Waals surface area (Å²) < 4.78 is 36.9. The Balaban J connectivity index is 1.84. The maximum atomic E-state index is 12.7. The molecule has 2 N–H and O–H groups in total. The van der Waals surface area contributed by atoms with E-state index < -0.39 is 10.0 Å². The summed E-state index contributed by atoms with van der Waals surface area (Å²) in [5, 5.41) is 3.48. The van der Waals surface area contributed by atoms with Gasteiger partial charge in [0, 0.05) is 11.9 Å². The van der Waals surface area contributed by atoms with Gasteiger partial charge in [-0.1, -0.05) is 12.1 Å². The molecular formula is C19H20N2O5S. The third-order valence-corrected chi connectivity index (χ3v) is 5.64. The van der Waals surface area contributed by atoms with E-state index >= 15 is 0 Å². The smallest absolute Gasteiger partial charge is 0.255 e. The molecule has 1 amide bonds. The molecule has 1 aromatic heterocycles. The molecule has 0 atom stereocenters. The van der Waals surface area contributed by atoms with E-state index in [0.717, 1.165) is 0 Å². The predicted octanol–water partition coefficient (Wildman–Crippen LogP) is 2.59.